The SMILES string of the molecule is Cc1ccnc(C(=O)NC(C)(C)C)c1C. The zero-order valence-corrected chi connectivity index (χ0v) is 10.0. The van der Waals surface area contributed by atoms with Crippen LogP contribution < -0.4 is 5.32 Å². The van der Waals surface area contributed by atoms with Gasteiger partial charge in [-0.15, -0.1) is 0 Å². The predicted molar refractivity (Wildman–Crippen MR) is 60.9 cm³/mol. The zero-order chi connectivity index (χ0) is 11.6. The third kappa shape index (κ3) is 3.05. The number of aryl methyl sites for hydroxylation is 1. The van der Waals surface area contributed by atoms with E-state index in [2.05, 4.69) is 10.3 Å². The highest BCUT2D eigenvalue weighted by Gasteiger charge is 2.18. The molecule has 0 saturated heterocycles. The van der Waals surface area contributed by atoms with Gasteiger partial charge in [-0.3, -0.25) is 9.78 Å². The largest absolute Gasteiger partial charge is 0.346 e. The van der Waals surface area contributed by atoms with E-state index in [4.69, 9.17) is 0 Å². The first-order valence-electron chi connectivity index (χ1n) is 5.06. The van der Waals surface area contributed by atoms with E-state index in [-0.39, 0.29) is 11.4 Å². The van der Waals surface area contributed by atoms with E-state index in [9.17, 15) is 4.79 Å². The molecule has 1 aromatic heterocycles. The van der Waals surface area contributed by atoms with E-state index in [0.29, 0.717) is 5.69 Å². The van der Waals surface area contributed by atoms with Crippen molar-refractivity contribution in [2.45, 2.75) is 40.2 Å². The average molecular weight is 206 g/mol. The molecular formula is C12H18N2O. The van der Waals surface area contributed by atoms with Crippen molar-refractivity contribution in [3.8, 4) is 0 Å². The fraction of sp³-hybridized carbons (Fsp3) is 0.500. The number of carbonyl (C=O) groups is 1. The van der Waals surface area contributed by atoms with Crippen LogP contribution in [0.1, 0.15) is 42.4 Å². The molecule has 15 heavy (non-hydrogen) atoms. The number of pyridine rings is 1. The molecule has 82 valence electrons. The van der Waals surface area contributed by atoms with Gasteiger partial charge in [-0.05, 0) is 51.8 Å². The molecule has 3 heteroatoms. The Kier molecular flexibility index (Phi) is 3.12. The fourth-order valence-corrected chi connectivity index (χ4v) is 1.26. The number of nitrogens with one attached hydrogen (secondary N) is 1. The molecule has 1 heterocycles. The maximum Gasteiger partial charge on any atom is 0.270 e. The Bertz CT molecular complexity index is 378. The van der Waals surface area contributed by atoms with Crippen LogP contribution in [0, 0.1) is 13.8 Å². The molecule has 0 aliphatic carbocycles. The van der Waals surface area contributed by atoms with E-state index >= 15 is 0 Å². The van der Waals surface area contributed by atoms with Crippen LogP contribution in [0.15, 0.2) is 12.3 Å². The summed E-state index contributed by atoms with van der Waals surface area (Å²) < 4.78 is 0. The molecule has 1 rings (SSSR count). The zero-order valence-electron chi connectivity index (χ0n) is 10.0. The predicted octanol–water partition coefficient (Wildman–Crippen LogP) is 2.23. The van der Waals surface area contributed by atoms with Gasteiger partial charge >= 0.3 is 0 Å². The Morgan fingerprint density at radius 2 is 1.93 bits per heavy atom. The van der Waals surface area contributed by atoms with E-state index in [0.717, 1.165) is 11.1 Å². The molecule has 0 radical (unpaired) electrons. The number of hydrogen-bond acceptors (Lipinski definition) is 2. The molecule has 0 fully saturated rings. The molecule has 1 amide bonds. The molecular weight excluding hydrogens is 188 g/mol. The summed E-state index contributed by atoms with van der Waals surface area (Å²) >= 11 is 0. The molecule has 0 spiro atoms. The quantitative estimate of drug-likeness (QED) is 0.765. The van der Waals surface area contributed by atoms with E-state index in [1.165, 1.54) is 0 Å². The Balaban J connectivity index is 2.97. The van der Waals surface area contributed by atoms with Crippen LogP contribution in [0.3, 0.4) is 0 Å². The van der Waals surface area contributed by atoms with Gasteiger partial charge in [-0.2, -0.15) is 0 Å². The molecule has 0 aromatic carbocycles. The Labute approximate surface area is 90.9 Å². The van der Waals surface area contributed by atoms with Gasteiger partial charge in [0.05, 0.1) is 0 Å². The van der Waals surface area contributed by atoms with Crippen molar-refractivity contribution in [1.29, 1.82) is 0 Å². The van der Waals surface area contributed by atoms with E-state index < -0.39 is 0 Å². The number of amides is 1. The van der Waals surface area contributed by atoms with Crippen molar-refractivity contribution >= 4 is 5.91 Å². The molecule has 1 aromatic rings. The van der Waals surface area contributed by atoms with Gasteiger partial charge in [0.25, 0.3) is 5.91 Å². The summed E-state index contributed by atoms with van der Waals surface area (Å²) in [5.74, 6) is -0.108. The molecule has 1 N–H and O–H groups in total. The minimum atomic E-state index is -0.227. The second kappa shape index (κ2) is 4.01. The Hall–Kier alpha value is -1.38. The highest BCUT2D eigenvalue weighted by molar-refractivity contribution is 5.94. The number of nitrogens with zero attached hydrogens (tertiary/aromatic N) is 1. The van der Waals surface area contributed by atoms with Crippen molar-refractivity contribution in [3.63, 3.8) is 0 Å². The first kappa shape index (κ1) is 11.7. The van der Waals surface area contributed by atoms with Crippen molar-refractivity contribution < 1.29 is 4.79 Å². The summed E-state index contributed by atoms with van der Waals surface area (Å²) in [5, 5.41) is 2.90. The van der Waals surface area contributed by atoms with Gasteiger partial charge in [0.15, 0.2) is 0 Å². The lowest BCUT2D eigenvalue weighted by Gasteiger charge is -2.20. The lowest BCUT2D eigenvalue weighted by Crippen LogP contribution is -2.41. The number of carbonyl (C=O) groups excluding carboxylic acids is 1. The highest BCUT2D eigenvalue weighted by atomic mass is 16.2. The van der Waals surface area contributed by atoms with Crippen LogP contribution in [0.25, 0.3) is 0 Å². The second-order valence-corrected chi connectivity index (χ2v) is 4.81. The van der Waals surface area contributed by atoms with Gasteiger partial charge in [0.2, 0.25) is 0 Å². The summed E-state index contributed by atoms with van der Waals surface area (Å²) in [4.78, 5) is 16.0. The summed E-state index contributed by atoms with van der Waals surface area (Å²) in [5.41, 5.74) is 2.32. The number of hydrogen-bond donors (Lipinski definition) is 1. The Morgan fingerprint density at radius 3 is 2.47 bits per heavy atom. The maximum absolute atomic E-state index is 11.9. The van der Waals surface area contributed by atoms with Gasteiger partial charge < -0.3 is 5.32 Å². The molecule has 0 aliphatic heterocycles. The maximum atomic E-state index is 11.9. The molecule has 0 aliphatic rings. The van der Waals surface area contributed by atoms with E-state index in [1.54, 1.807) is 6.20 Å². The van der Waals surface area contributed by atoms with Crippen molar-refractivity contribution in [2.75, 3.05) is 0 Å². The van der Waals surface area contributed by atoms with Crippen LogP contribution in [0.4, 0.5) is 0 Å². The average Bonchev–Trinajstić information content (AvgIpc) is 2.06. The topological polar surface area (TPSA) is 42.0 Å². The summed E-state index contributed by atoms with van der Waals surface area (Å²) in [7, 11) is 0. The van der Waals surface area contributed by atoms with Gasteiger partial charge in [0, 0.05) is 11.7 Å². The van der Waals surface area contributed by atoms with Gasteiger partial charge in [0.1, 0.15) is 5.69 Å². The normalized spacial score (nSPS) is 11.3. The summed E-state index contributed by atoms with van der Waals surface area (Å²) in [6.45, 7) is 9.76. The fourth-order valence-electron chi connectivity index (χ4n) is 1.26. The summed E-state index contributed by atoms with van der Waals surface area (Å²) in [6.07, 6.45) is 1.67. The molecule has 0 saturated carbocycles. The van der Waals surface area contributed by atoms with Crippen LogP contribution in [-0.4, -0.2) is 16.4 Å². The van der Waals surface area contributed by atoms with Crippen LogP contribution in [-0.2, 0) is 0 Å². The van der Waals surface area contributed by atoms with Crippen molar-refractivity contribution in [3.05, 3.63) is 29.1 Å². The van der Waals surface area contributed by atoms with Gasteiger partial charge in [-0.1, -0.05) is 0 Å². The monoisotopic (exact) mass is 206 g/mol. The van der Waals surface area contributed by atoms with Crippen molar-refractivity contribution in [2.24, 2.45) is 0 Å². The summed E-state index contributed by atoms with van der Waals surface area (Å²) in [6, 6.07) is 1.91. The number of rotatable bonds is 1. The minimum absolute atomic E-state index is 0.108. The highest BCUT2D eigenvalue weighted by Crippen LogP contribution is 2.11. The Morgan fingerprint density at radius 1 is 1.33 bits per heavy atom. The third-order valence-corrected chi connectivity index (χ3v) is 2.18. The molecule has 0 bridgehead atoms. The number of aromatic nitrogens is 1. The first-order valence-corrected chi connectivity index (χ1v) is 5.06. The standard InChI is InChI=1S/C12H18N2O/c1-8-6-7-13-10(9(8)2)11(15)14-12(3,4)5/h6-7H,1-5H3,(H,14,15). The van der Waals surface area contributed by atoms with E-state index in [1.807, 2.05) is 40.7 Å². The molecule has 3 nitrogen and oxygen atoms in total. The van der Waals surface area contributed by atoms with Crippen molar-refractivity contribution in [1.82, 2.24) is 10.3 Å². The van der Waals surface area contributed by atoms with Crippen LogP contribution in [0.2, 0.25) is 0 Å². The first-order chi connectivity index (χ1) is 6.81. The lowest BCUT2D eigenvalue weighted by atomic mass is 10.1. The van der Waals surface area contributed by atoms with Crippen LogP contribution >= 0.6 is 0 Å². The van der Waals surface area contributed by atoms with Crippen LogP contribution in [0.5, 0.6) is 0 Å². The minimum Gasteiger partial charge on any atom is -0.346 e. The smallest absolute Gasteiger partial charge is 0.270 e. The van der Waals surface area contributed by atoms with Gasteiger partial charge in [-0.25, -0.2) is 0 Å². The second-order valence-electron chi connectivity index (χ2n) is 4.81. The third-order valence-electron chi connectivity index (χ3n) is 2.18. The molecule has 0 unspecified atom stereocenters. The lowest BCUT2D eigenvalue weighted by molar-refractivity contribution is 0.0913. The molecule has 0 atom stereocenters.